The van der Waals surface area contributed by atoms with Crippen molar-refractivity contribution in [3.05, 3.63) is 83.4 Å². The monoisotopic (exact) mass is 417 g/mol. The normalized spacial score (nSPS) is 19.9. The minimum Gasteiger partial charge on any atom is -0.487 e. The van der Waals surface area contributed by atoms with E-state index in [0.717, 1.165) is 17.7 Å². The number of hydrogen-bond donors (Lipinski definition) is 1. The third-order valence-corrected chi connectivity index (χ3v) is 6.13. The highest BCUT2D eigenvalue weighted by atomic mass is 19.1. The van der Waals surface area contributed by atoms with Crippen molar-refractivity contribution in [3.63, 3.8) is 0 Å². The fourth-order valence-corrected chi connectivity index (χ4v) is 4.52. The van der Waals surface area contributed by atoms with Crippen LogP contribution in [-0.4, -0.2) is 41.5 Å². The zero-order valence-corrected chi connectivity index (χ0v) is 17.3. The lowest BCUT2D eigenvalue weighted by molar-refractivity contribution is -0.126. The summed E-state index contributed by atoms with van der Waals surface area (Å²) >= 11 is 0. The molecule has 0 radical (unpaired) electrons. The Morgan fingerprint density at radius 2 is 2.00 bits per heavy atom. The van der Waals surface area contributed by atoms with Gasteiger partial charge < -0.3 is 10.1 Å². The van der Waals surface area contributed by atoms with Gasteiger partial charge in [-0.2, -0.15) is 0 Å². The maximum absolute atomic E-state index is 14.2. The average molecular weight is 417 g/mol. The molecule has 2 aliphatic rings. The third kappa shape index (κ3) is 3.91. The second-order valence-corrected chi connectivity index (χ2v) is 8.28. The molecular weight excluding hydrogens is 393 g/mol. The van der Waals surface area contributed by atoms with Crippen LogP contribution in [0.2, 0.25) is 0 Å². The highest BCUT2D eigenvalue weighted by molar-refractivity contribution is 5.82. The van der Waals surface area contributed by atoms with E-state index in [-0.39, 0.29) is 23.9 Å². The van der Waals surface area contributed by atoms with Crippen LogP contribution in [0.1, 0.15) is 16.7 Å². The van der Waals surface area contributed by atoms with Gasteiger partial charge in [0.1, 0.15) is 17.7 Å². The lowest BCUT2D eigenvalue weighted by Crippen LogP contribution is -2.50. The summed E-state index contributed by atoms with van der Waals surface area (Å²) in [5.41, 5.74) is 4.82. The number of pyridine rings is 1. The lowest BCUT2D eigenvalue weighted by Gasteiger charge is -2.33. The van der Waals surface area contributed by atoms with Gasteiger partial charge in [0.2, 0.25) is 5.91 Å². The van der Waals surface area contributed by atoms with Crippen molar-refractivity contribution < 1.29 is 13.9 Å². The summed E-state index contributed by atoms with van der Waals surface area (Å²) in [6.45, 7) is 1.14. The number of nitrogens with zero attached hydrogens (tertiary/aromatic N) is 2. The van der Waals surface area contributed by atoms with Crippen LogP contribution in [0.4, 0.5) is 4.39 Å². The Balaban J connectivity index is 1.26. The molecule has 2 aromatic carbocycles. The first-order chi connectivity index (χ1) is 15.1. The first-order valence-corrected chi connectivity index (χ1v) is 10.5. The van der Waals surface area contributed by atoms with Crippen molar-refractivity contribution in [3.8, 4) is 16.9 Å². The highest BCUT2D eigenvalue weighted by Gasteiger charge is 2.31. The summed E-state index contributed by atoms with van der Waals surface area (Å²) in [5.74, 6) is 0.376. The van der Waals surface area contributed by atoms with Gasteiger partial charge in [0.15, 0.2) is 0 Å². The molecular formula is C25H24FN3O2. The van der Waals surface area contributed by atoms with Crippen molar-refractivity contribution in [2.24, 2.45) is 0 Å². The summed E-state index contributed by atoms with van der Waals surface area (Å²) in [4.78, 5) is 19.1. The largest absolute Gasteiger partial charge is 0.487 e. The van der Waals surface area contributed by atoms with E-state index >= 15 is 0 Å². The number of benzene rings is 2. The molecule has 158 valence electrons. The lowest BCUT2D eigenvalue weighted by atomic mass is 9.94. The molecule has 0 unspecified atom stereocenters. The third-order valence-electron chi connectivity index (χ3n) is 6.13. The van der Waals surface area contributed by atoms with Crippen molar-refractivity contribution in [1.29, 1.82) is 0 Å². The second-order valence-electron chi connectivity index (χ2n) is 8.28. The molecule has 0 aliphatic carbocycles. The summed E-state index contributed by atoms with van der Waals surface area (Å²) in [6.07, 6.45) is 4.41. The van der Waals surface area contributed by atoms with Gasteiger partial charge >= 0.3 is 0 Å². The van der Waals surface area contributed by atoms with Crippen LogP contribution in [0.3, 0.4) is 0 Å². The Bertz CT molecular complexity index is 1120. The van der Waals surface area contributed by atoms with Crippen LogP contribution in [0.25, 0.3) is 11.1 Å². The quantitative estimate of drug-likeness (QED) is 0.707. The van der Waals surface area contributed by atoms with Crippen LogP contribution in [-0.2, 0) is 24.2 Å². The van der Waals surface area contributed by atoms with E-state index in [0.29, 0.717) is 30.7 Å². The van der Waals surface area contributed by atoms with Crippen LogP contribution in [0, 0.1) is 5.82 Å². The Morgan fingerprint density at radius 1 is 1.16 bits per heavy atom. The number of fused-ring (bicyclic) bond motifs is 2. The number of rotatable bonds is 4. The van der Waals surface area contributed by atoms with E-state index in [1.807, 2.05) is 31.3 Å². The van der Waals surface area contributed by atoms with Gasteiger partial charge in [-0.25, -0.2) is 4.39 Å². The molecule has 3 aromatic rings. The Morgan fingerprint density at radius 3 is 2.81 bits per heavy atom. The first kappa shape index (κ1) is 19.7. The second kappa shape index (κ2) is 8.12. The molecule has 5 rings (SSSR count). The standard InChI is InChI=1S/C25H24FN3O2/c1-29-15-18-6-3-2-5-16(18)11-23(29)25(30)28-14-21-10-19-9-20(26)12-22(24(19)31-21)17-7-4-8-27-13-17/h2-9,12-13,21,23H,10-11,14-15H2,1H3,(H,28,30)/t21-,23+/m0/s1. The van der Waals surface area contributed by atoms with Crippen molar-refractivity contribution >= 4 is 5.91 Å². The molecule has 5 nitrogen and oxygen atoms in total. The van der Waals surface area contributed by atoms with Crippen molar-refractivity contribution in [2.45, 2.75) is 31.5 Å². The topological polar surface area (TPSA) is 54.5 Å². The molecule has 3 heterocycles. The number of carbonyl (C=O) groups is 1. The Kier molecular flexibility index (Phi) is 5.16. The average Bonchev–Trinajstić information content (AvgIpc) is 3.19. The summed E-state index contributed by atoms with van der Waals surface area (Å²) in [6, 6.07) is 14.7. The minimum atomic E-state index is -0.298. The maximum Gasteiger partial charge on any atom is 0.237 e. The predicted octanol–water partition coefficient (Wildman–Crippen LogP) is 3.36. The SMILES string of the molecule is CN1Cc2ccccc2C[C@@H]1C(=O)NC[C@@H]1Cc2cc(F)cc(-c3cccnc3)c2O1. The predicted molar refractivity (Wildman–Crippen MR) is 116 cm³/mol. The van der Waals surface area contributed by atoms with Crippen LogP contribution >= 0.6 is 0 Å². The fourth-order valence-electron chi connectivity index (χ4n) is 4.52. The molecule has 2 aliphatic heterocycles. The van der Waals surface area contributed by atoms with E-state index in [2.05, 4.69) is 27.3 Å². The summed E-state index contributed by atoms with van der Waals surface area (Å²) < 4.78 is 20.4. The van der Waals surface area contributed by atoms with Gasteiger partial charge in [0.05, 0.1) is 12.6 Å². The molecule has 0 saturated heterocycles. The van der Waals surface area contributed by atoms with Gasteiger partial charge in [-0.15, -0.1) is 0 Å². The summed E-state index contributed by atoms with van der Waals surface area (Å²) in [5, 5.41) is 3.05. The summed E-state index contributed by atoms with van der Waals surface area (Å²) in [7, 11) is 1.98. The Hall–Kier alpha value is -3.25. The smallest absolute Gasteiger partial charge is 0.237 e. The molecule has 1 amide bonds. The van der Waals surface area contributed by atoms with E-state index < -0.39 is 0 Å². The zero-order valence-electron chi connectivity index (χ0n) is 17.3. The Labute approximate surface area is 180 Å². The molecule has 0 saturated carbocycles. The minimum absolute atomic E-state index is 0.00442. The van der Waals surface area contributed by atoms with E-state index in [4.69, 9.17) is 4.74 Å². The zero-order chi connectivity index (χ0) is 21.4. The van der Waals surface area contributed by atoms with Gasteiger partial charge in [0.25, 0.3) is 0 Å². The van der Waals surface area contributed by atoms with Gasteiger partial charge in [0, 0.05) is 42.0 Å². The van der Waals surface area contributed by atoms with Crippen molar-refractivity contribution in [2.75, 3.05) is 13.6 Å². The number of amides is 1. The first-order valence-electron chi connectivity index (χ1n) is 10.5. The highest BCUT2D eigenvalue weighted by Crippen LogP contribution is 2.39. The molecule has 2 atom stereocenters. The van der Waals surface area contributed by atoms with E-state index in [1.165, 1.54) is 23.3 Å². The van der Waals surface area contributed by atoms with E-state index in [9.17, 15) is 9.18 Å². The molecule has 0 fully saturated rings. The van der Waals surface area contributed by atoms with Crippen LogP contribution in [0.15, 0.2) is 60.9 Å². The molecule has 1 aromatic heterocycles. The number of ether oxygens (including phenoxy) is 1. The number of aromatic nitrogens is 1. The number of hydrogen-bond acceptors (Lipinski definition) is 4. The van der Waals surface area contributed by atoms with Crippen molar-refractivity contribution in [1.82, 2.24) is 15.2 Å². The number of nitrogens with one attached hydrogen (secondary N) is 1. The van der Waals surface area contributed by atoms with Crippen LogP contribution in [0.5, 0.6) is 5.75 Å². The number of halogens is 1. The molecule has 0 bridgehead atoms. The van der Waals surface area contributed by atoms with E-state index in [1.54, 1.807) is 12.4 Å². The van der Waals surface area contributed by atoms with Gasteiger partial charge in [-0.1, -0.05) is 30.3 Å². The molecule has 0 spiro atoms. The maximum atomic E-state index is 14.2. The number of carbonyl (C=O) groups excluding carboxylic acids is 1. The van der Waals surface area contributed by atoms with Gasteiger partial charge in [-0.05, 0) is 42.8 Å². The molecule has 31 heavy (non-hydrogen) atoms. The number of likely N-dealkylation sites (N-methyl/N-ethyl adjacent to an activating group) is 1. The molecule has 6 heteroatoms. The fraction of sp³-hybridized carbons (Fsp3) is 0.280. The van der Waals surface area contributed by atoms with Gasteiger partial charge in [-0.3, -0.25) is 14.7 Å². The van der Waals surface area contributed by atoms with Crippen LogP contribution < -0.4 is 10.1 Å². The molecule has 1 N–H and O–H groups in total.